The Balaban J connectivity index is 1.59. The number of carbonyl (C=O) groups is 2. The molecule has 34 heavy (non-hydrogen) atoms. The molecule has 182 valence electrons. The van der Waals surface area contributed by atoms with Gasteiger partial charge in [-0.15, -0.1) is 0 Å². The fraction of sp³-hybridized carbons (Fsp3) is 0.536. The third kappa shape index (κ3) is 5.33. The number of likely N-dealkylation sites (N-methyl/N-ethyl adjacent to an activating group) is 1. The summed E-state index contributed by atoms with van der Waals surface area (Å²) >= 11 is 0. The number of aryl methyl sites for hydroxylation is 1. The predicted octanol–water partition coefficient (Wildman–Crippen LogP) is 4.39. The van der Waals surface area contributed by atoms with Crippen LogP contribution < -0.4 is 10.6 Å². The van der Waals surface area contributed by atoms with Gasteiger partial charge in [-0.3, -0.25) is 14.6 Å². The molecule has 0 unspecified atom stereocenters. The first-order valence-electron chi connectivity index (χ1n) is 12.8. The van der Waals surface area contributed by atoms with Crippen molar-refractivity contribution in [1.29, 1.82) is 0 Å². The summed E-state index contributed by atoms with van der Waals surface area (Å²) in [6.45, 7) is 4.66. The topological polar surface area (TPSA) is 74.3 Å². The average molecular weight is 463 g/mol. The number of benzene rings is 1. The highest BCUT2D eigenvalue weighted by Crippen LogP contribution is 2.36. The molecule has 3 atom stereocenters. The van der Waals surface area contributed by atoms with Gasteiger partial charge < -0.3 is 15.5 Å². The van der Waals surface area contributed by atoms with Gasteiger partial charge >= 0.3 is 0 Å². The van der Waals surface area contributed by atoms with Crippen LogP contribution in [0.2, 0.25) is 0 Å². The third-order valence-electron chi connectivity index (χ3n) is 7.65. The van der Waals surface area contributed by atoms with Crippen molar-refractivity contribution in [1.82, 2.24) is 20.5 Å². The maximum Gasteiger partial charge on any atom is 0.245 e. The molecule has 1 aliphatic heterocycles. The summed E-state index contributed by atoms with van der Waals surface area (Å²) < 4.78 is 0. The van der Waals surface area contributed by atoms with Crippen LogP contribution in [-0.4, -0.2) is 47.4 Å². The molecule has 6 heteroatoms. The molecule has 1 saturated carbocycles. The van der Waals surface area contributed by atoms with E-state index in [0.29, 0.717) is 0 Å². The van der Waals surface area contributed by atoms with Crippen LogP contribution in [0, 0.1) is 12.8 Å². The van der Waals surface area contributed by atoms with Gasteiger partial charge in [-0.05, 0) is 75.3 Å². The number of hydrogen-bond acceptors (Lipinski definition) is 4. The second-order valence-electron chi connectivity index (χ2n) is 9.91. The molecule has 4 rings (SSSR count). The van der Waals surface area contributed by atoms with Gasteiger partial charge in [0.2, 0.25) is 11.8 Å². The van der Waals surface area contributed by atoms with E-state index in [1.165, 1.54) is 17.5 Å². The van der Waals surface area contributed by atoms with Gasteiger partial charge in [0.25, 0.3) is 0 Å². The lowest BCUT2D eigenvalue weighted by Gasteiger charge is -2.35. The summed E-state index contributed by atoms with van der Waals surface area (Å²) in [5.74, 6) is 0.157. The standard InChI is InChI=1S/C28H38N4O2/c1-19-10-7-8-13-24(19)22-16-23(18-30-17-22)25-14-9-15-32(25)28(34)26(21-11-5-4-6-12-21)31-27(33)20(2)29-3/h7-8,10,13,16-18,20-21,25-26,29H,4-6,9,11-12,14-15H2,1-3H3,(H,31,33)/t20-,25-,26-/m0/s1. The Morgan fingerprint density at radius 1 is 1.06 bits per heavy atom. The van der Waals surface area contributed by atoms with Crippen molar-refractivity contribution >= 4 is 11.8 Å². The smallest absolute Gasteiger partial charge is 0.245 e. The van der Waals surface area contributed by atoms with Crippen LogP contribution in [0.5, 0.6) is 0 Å². The number of nitrogens with one attached hydrogen (secondary N) is 2. The number of rotatable bonds is 7. The number of aromatic nitrogens is 1. The van der Waals surface area contributed by atoms with Gasteiger partial charge in [0.05, 0.1) is 12.1 Å². The van der Waals surface area contributed by atoms with Crippen LogP contribution in [0.1, 0.15) is 69.0 Å². The maximum atomic E-state index is 14.0. The molecule has 2 aliphatic rings. The van der Waals surface area contributed by atoms with E-state index < -0.39 is 6.04 Å². The molecule has 1 saturated heterocycles. The first kappa shape index (κ1) is 24.4. The van der Waals surface area contributed by atoms with Gasteiger partial charge in [-0.1, -0.05) is 43.5 Å². The Labute approximate surface area is 203 Å². The Hall–Kier alpha value is -2.73. The van der Waals surface area contributed by atoms with Crippen molar-refractivity contribution in [2.75, 3.05) is 13.6 Å². The lowest BCUT2D eigenvalue weighted by molar-refractivity contribution is -0.139. The normalized spacial score (nSPS) is 20.7. The van der Waals surface area contributed by atoms with Gasteiger partial charge in [0, 0.05) is 24.5 Å². The molecule has 1 aliphatic carbocycles. The summed E-state index contributed by atoms with van der Waals surface area (Å²) in [5.41, 5.74) is 4.53. The van der Waals surface area contributed by atoms with E-state index in [4.69, 9.17) is 0 Å². The molecule has 2 heterocycles. The quantitative estimate of drug-likeness (QED) is 0.640. The molecular formula is C28H38N4O2. The van der Waals surface area contributed by atoms with Crippen LogP contribution in [0.3, 0.4) is 0 Å². The minimum atomic E-state index is -0.461. The molecule has 0 radical (unpaired) electrons. The molecule has 2 fully saturated rings. The van der Waals surface area contributed by atoms with Crippen molar-refractivity contribution in [3.63, 3.8) is 0 Å². The summed E-state index contributed by atoms with van der Waals surface area (Å²) in [6.07, 6.45) is 11.1. The number of carbonyl (C=O) groups excluding carboxylic acids is 2. The second kappa shape index (κ2) is 11.1. The summed E-state index contributed by atoms with van der Waals surface area (Å²) in [6, 6.07) is 9.70. The van der Waals surface area contributed by atoms with Crippen LogP contribution in [0.25, 0.3) is 11.1 Å². The zero-order valence-electron chi connectivity index (χ0n) is 20.7. The Morgan fingerprint density at radius 2 is 1.82 bits per heavy atom. The highest BCUT2D eigenvalue weighted by Gasteiger charge is 2.39. The third-order valence-corrected chi connectivity index (χ3v) is 7.65. The minimum Gasteiger partial charge on any atom is -0.343 e. The lowest BCUT2D eigenvalue weighted by atomic mass is 9.83. The Bertz CT molecular complexity index is 1000. The molecule has 0 bridgehead atoms. The van der Waals surface area contributed by atoms with E-state index in [0.717, 1.165) is 56.2 Å². The zero-order chi connectivity index (χ0) is 24.1. The number of nitrogens with zero attached hydrogens (tertiary/aromatic N) is 2. The van der Waals surface area contributed by atoms with Crippen molar-refractivity contribution in [2.24, 2.45) is 5.92 Å². The summed E-state index contributed by atoms with van der Waals surface area (Å²) in [4.78, 5) is 33.3. The summed E-state index contributed by atoms with van der Waals surface area (Å²) in [5, 5.41) is 6.12. The van der Waals surface area contributed by atoms with Crippen LogP contribution in [0.15, 0.2) is 42.7 Å². The monoisotopic (exact) mass is 462 g/mol. The van der Waals surface area contributed by atoms with Crippen molar-refractivity contribution in [3.8, 4) is 11.1 Å². The molecule has 0 spiro atoms. The van der Waals surface area contributed by atoms with Crippen molar-refractivity contribution < 1.29 is 9.59 Å². The number of amides is 2. The Kier molecular flexibility index (Phi) is 7.99. The van der Waals surface area contributed by atoms with E-state index in [2.05, 4.69) is 40.7 Å². The van der Waals surface area contributed by atoms with E-state index in [1.807, 2.05) is 36.4 Å². The van der Waals surface area contributed by atoms with Crippen LogP contribution in [0.4, 0.5) is 0 Å². The first-order valence-corrected chi connectivity index (χ1v) is 12.8. The molecule has 1 aromatic heterocycles. The fourth-order valence-corrected chi connectivity index (χ4v) is 5.50. The highest BCUT2D eigenvalue weighted by atomic mass is 16.2. The van der Waals surface area contributed by atoms with Crippen molar-refractivity contribution in [2.45, 2.75) is 76.9 Å². The minimum absolute atomic E-state index is 0.00585. The van der Waals surface area contributed by atoms with E-state index in [9.17, 15) is 9.59 Å². The largest absolute Gasteiger partial charge is 0.343 e. The number of pyridine rings is 1. The van der Waals surface area contributed by atoms with Crippen LogP contribution in [-0.2, 0) is 9.59 Å². The number of hydrogen-bond donors (Lipinski definition) is 2. The lowest BCUT2D eigenvalue weighted by Crippen LogP contribution is -2.55. The highest BCUT2D eigenvalue weighted by molar-refractivity contribution is 5.90. The van der Waals surface area contributed by atoms with Gasteiger partial charge in [0.15, 0.2) is 0 Å². The number of likely N-dealkylation sites (tertiary alicyclic amines) is 1. The second-order valence-corrected chi connectivity index (χ2v) is 9.91. The van der Waals surface area contributed by atoms with Crippen molar-refractivity contribution in [3.05, 3.63) is 53.9 Å². The summed E-state index contributed by atoms with van der Waals surface area (Å²) in [7, 11) is 1.77. The predicted molar refractivity (Wildman–Crippen MR) is 135 cm³/mol. The van der Waals surface area contributed by atoms with E-state index in [-0.39, 0.29) is 29.8 Å². The van der Waals surface area contributed by atoms with Gasteiger partial charge in [0.1, 0.15) is 6.04 Å². The zero-order valence-corrected chi connectivity index (χ0v) is 20.7. The molecule has 2 amide bonds. The van der Waals surface area contributed by atoms with Gasteiger partial charge in [-0.25, -0.2) is 0 Å². The molecule has 6 nitrogen and oxygen atoms in total. The Morgan fingerprint density at radius 3 is 2.56 bits per heavy atom. The van der Waals surface area contributed by atoms with Gasteiger partial charge in [-0.2, -0.15) is 0 Å². The molecular weight excluding hydrogens is 424 g/mol. The first-order chi connectivity index (χ1) is 16.5. The van der Waals surface area contributed by atoms with Crippen LogP contribution >= 0.6 is 0 Å². The molecule has 1 aromatic carbocycles. The SMILES string of the molecule is CN[C@@H](C)C(=O)N[C@H](C(=O)N1CCC[C@H]1c1cncc(-c2ccccc2C)c1)C1CCCCC1. The fourth-order valence-electron chi connectivity index (χ4n) is 5.50. The van der Waals surface area contributed by atoms with E-state index >= 15 is 0 Å². The molecule has 2 aromatic rings. The maximum absolute atomic E-state index is 14.0. The molecule has 2 N–H and O–H groups in total. The average Bonchev–Trinajstić information content (AvgIpc) is 3.37. The van der Waals surface area contributed by atoms with E-state index in [1.54, 1.807) is 7.05 Å².